The van der Waals surface area contributed by atoms with Gasteiger partial charge in [-0.05, 0) is 53.2 Å². The van der Waals surface area contributed by atoms with Crippen LogP contribution in [0.1, 0.15) is 0 Å². The Morgan fingerprint density at radius 3 is 2.71 bits per heavy atom. The van der Waals surface area contributed by atoms with Crippen molar-refractivity contribution in [1.82, 2.24) is 4.98 Å². The second-order valence-electron chi connectivity index (χ2n) is 7.37. The van der Waals surface area contributed by atoms with Crippen molar-refractivity contribution in [3.8, 4) is 0 Å². The van der Waals surface area contributed by atoms with Gasteiger partial charge in [0.15, 0.2) is 0 Å². The van der Waals surface area contributed by atoms with Crippen molar-refractivity contribution in [2.75, 3.05) is 28.2 Å². The van der Waals surface area contributed by atoms with Crippen molar-refractivity contribution in [1.29, 1.82) is 0 Å². The van der Waals surface area contributed by atoms with Crippen LogP contribution in [-0.4, -0.2) is 35.9 Å². The fourth-order valence-electron chi connectivity index (χ4n) is 3.88. The first kappa shape index (κ1) is 19.3. The summed E-state index contributed by atoms with van der Waals surface area (Å²) in [4.78, 5) is 34.3. The molecule has 1 aliphatic rings. The number of piperazine rings is 1. The summed E-state index contributed by atoms with van der Waals surface area (Å²) >= 11 is 1.62. The molecule has 2 aromatic heterocycles. The van der Waals surface area contributed by atoms with E-state index in [4.69, 9.17) is 0 Å². The predicted molar refractivity (Wildman–Crippen MR) is 125 cm³/mol. The number of rotatable bonds is 4. The topological polar surface area (TPSA) is 65.5 Å². The number of thiophene rings is 1. The van der Waals surface area contributed by atoms with Gasteiger partial charge >= 0.3 is 0 Å². The molecule has 3 heterocycles. The van der Waals surface area contributed by atoms with Gasteiger partial charge < -0.3 is 10.2 Å². The van der Waals surface area contributed by atoms with Crippen molar-refractivity contribution in [2.24, 2.45) is 0 Å². The minimum Gasteiger partial charge on any atom is -0.360 e. The number of para-hydroxylation sites is 1. The largest absolute Gasteiger partial charge is 0.360 e. The first-order valence-electron chi connectivity index (χ1n) is 9.99. The van der Waals surface area contributed by atoms with E-state index in [0.29, 0.717) is 12.2 Å². The molecule has 1 fully saturated rings. The van der Waals surface area contributed by atoms with Gasteiger partial charge in [0.05, 0.1) is 18.4 Å². The molecule has 2 aromatic carbocycles. The van der Waals surface area contributed by atoms with Gasteiger partial charge in [-0.3, -0.25) is 19.5 Å². The summed E-state index contributed by atoms with van der Waals surface area (Å²) in [6.45, 7) is 0.605. The Kier molecular flexibility index (Phi) is 5.09. The van der Waals surface area contributed by atoms with Gasteiger partial charge in [0.1, 0.15) is 6.04 Å². The van der Waals surface area contributed by atoms with Crippen LogP contribution < -0.4 is 15.1 Å². The smallest absolute Gasteiger partial charge is 0.249 e. The van der Waals surface area contributed by atoms with E-state index >= 15 is 0 Å². The zero-order chi connectivity index (χ0) is 21.2. The van der Waals surface area contributed by atoms with E-state index in [-0.39, 0.29) is 18.4 Å². The number of benzene rings is 2. The highest BCUT2D eigenvalue weighted by Gasteiger charge is 2.38. The lowest BCUT2D eigenvalue weighted by molar-refractivity contribution is -0.124. The molecule has 1 unspecified atom stereocenters. The quantitative estimate of drug-likeness (QED) is 0.530. The lowest BCUT2D eigenvalue weighted by atomic mass is 10.1. The molecule has 6 nitrogen and oxygen atoms in total. The highest BCUT2D eigenvalue weighted by molar-refractivity contribution is 7.17. The zero-order valence-electron chi connectivity index (χ0n) is 16.6. The average molecular weight is 429 g/mol. The highest BCUT2D eigenvalue weighted by atomic mass is 32.1. The summed E-state index contributed by atoms with van der Waals surface area (Å²) in [6, 6.07) is 20.5. The molecule has 1 aliphatic heterocycles. The van der Waals surface area contributed by atoms with E-state index in [1.54, 1.807) is 40.8 Å². The number of aromatic nitrogens is 1. The molecular formula is C24H20N4O2S. The Morgan fingerprint density at radius 2 is 1.90 bits per heavy atom. The fourth-order valence-corrected chi connectivity index (χ4v) is 4.71. The normalized spacial score (nSPS) is 16.5. The van der Waals surface area contributed by atoms with Crippen LogP contribution in [0, 0.1) is 0 Å². The van der Waals surface area contributed by atoms with Gasteiger partial charge in [0.2, 0.25) is 11.8 Å². The molecule has 0 bridgehead atoms. The van der Waals surface area contributed by atoms with Crippen molar-refractivity contribution < 1.29 is 9.59 Å². The van der Waals surface area contributed by atoms with E-state index in [9.17, 15) is 9.59 Å². The summed E-state index contributed by atoms with van der Waals surface area (Å²) < 4.78 is 1.09. The zero-order valence-corrected chi connectivity index (χ0v) is 17.5. The standard InChI is InChI=1S/C24H20N4O2S/c29-23-16-27(19-6-2-1-3-7-19)15-21(24(30)26-18-5-4-11-25-14-18)28(23)20-9-8-17-10-12-31-22(17)13-20/h1-14,21H,15-16H2,(H,26,30). The molecule has 31 heavy (non-hydrogen) atoms. The molecule has 2 amide bonds. The molecule has 5 rings (SSSR count). The molecule has 1 atom stereocenters. The van der Waals surface area contributed by atoms with Crippen LogP contribution in [0.5, 0.6) is 0 Å². The second-order valence-corrected chi connectivity index (χ2v) is 8.32. The number of carbonyl (C=O) groups excluding carboxylic acids is 2. The molecule has 154 valence electrons. The van der Waals surface area contributed by atoms with Crippen LogP contribution >= 0.6 is 11.3 Å². The van der Waals surface area contributed by atoms with Crippen molar-refractivity contribution in [3.63, 3.8) is 0 Å². The lowest BCUT2D eigenvalue weighted by Crippen LogP contribution is -2.61. The van der Waals surface area contributed by atoms with Crippen LogP contribution in [0.25, 0.3) is 10.1 Å². The number of fused-ring (bicyclic) bond motifs is 1. The van der Waals surface area contributed by atoms with E-state index in [0.717, 1.165) is 21.5 Å². The molecule has 0 aliphatic carbocycles. The van der Waals surface area contributed by atoms with Crippen LogP contribution in [0.2, 0.25) is 0 Å². The van der Waals surface area contributed by atoms with E-state index < -0.39 is 6.04 Å². The highest BCUT2D eigenvalue weighted by Crippen LogP contribution is 2.30. The summed E-state index contributed by atoms with van der Waals surface area (Å²) in [6.07, 6.45) is 3.25. The maximum Gasteiger partial charge on any atom is 0.249 e. The molecule has 1 saturated heterocycles. The van der Waals surface area contributed by atoms with Gasteiger partial charge in [0.25, 0.3) is 0 Å². The fraction of sp³-hybridized carbons (Fsp3) is 0.125. The first-order valence-corrected chi connectivity index (χ1v) is 10.9. The third kappa shape index (κ3) is 3.87. The maximum atomic E-state index is 13.3. The van der Waals surface area contributed by atoms with Gasteiger partial charge in [-0.25, -0.2) is 0 Å². The monoisotopic (exact) mass is 428 g/mol. The van der Waals surface area contributed by atoms with E-state index in [2.05, 4.69) is 10.3 Å². The maximum absolute atomic E-state index is 13.3. The number of pyridine rings is 1. The minimum atomic E-state index is -0.681. The molecule has 1 N–H and O–H groups in total. The third-order valence-electron chi connectivity index (χ3n) is 5.37. The number of carbonyl (C=O) groups is 2. The summed E-state index contributed by atoms with van der Waals surface area (Å²) in [5, 5.41) is 6.07. The Morgan fingerprint density at radius 1 is 1.03 bits per heavy atom. The molecule has 0 saturated carbocycles. The van der Waals surface area contributed by atoms with Crippen LogP contribution in [0.3, 0.4) is 0 Å². The Labute approximate surface area is 183 Å². The summed E-state index contributed by atoms with van der Waals surface area (Å²) in [5.41, 5.74) is 2.26. The first-order chi connectivity index (χ1) is 15.2. The number of nitrogens with one attached hydrogen (secondary N) is 1. The number of amides is 2. The predicted octanol–water partition coefficient (Wildman–Crippen LogP) is 4.16. The number of hydrogen-bond acceptors (Lipinski definition) is 5. The van der Waals surface area contributed by atoms with E-state index in [1.165, 1.54) is 0 Å². The third-order valence-corrected chi connectivity index (χ3v) is 6.25. The lowest BCUT2D eigenvalue weighted by Gasteiger charge is -2.41. The summed E-state index contributed by atoms with van der Waals surface area (Å²) in [5.74, 6) is -0.356. The molecule has 0 spiro atoms. The van der Waals surface area contributed by atoms with Crippen molar-refractivity contribution >= 4 is 50.3 Å². The van der Waals surface area contributed by atoms with Crippen LogP contribution in [0.15, 0.2) is 84.5 Å². The second kappa shape index (κ2) is 8.20. The molecular weight excluding hydrogens is 408 g/mol. The Bertz CT molecular complexity index is 1230. The number of anilines is 3. The van der Waals surface area contributed by atoms with Crippen LogP contribution in [0.4, 0.5) is 17.1 Å². The van der Waals surface area contributed by atoms with Gasteiger partial charge in [-0.1, -0.05) is 24.3 Å². The Balaban J connectivity index is 1.51. The van der Waals surface area contributed by atoms with Crippen LogP contribution in [-0.2, 0) is 9.59 Å². The number of hydrogen-bond donors (Lipinski definition) is 1. The van der Waals surface area contributed by atoms with Crippen molar-refractivity contribution in [2.45, 2.75) is 6.04 Å². The molecule has 4 aromatic rings. The molecule has 7 heteroatoms. The molecule has 0 radical (unpaired) electrons. The average Bonchev–Trinajstić information content (AvgIpc) is 3.27. The van der Waals surface area contributed by atoms with Gasteiger partial charge in [-0.2, -0.15) is 0 Å². The van der Waals surface area contributed by atoms with Crippen molar-refractivity contribution in [3.05, 3.63) is 84.5 Å². The summed E-state index contributed by atoms with van der Waals surface area (Å²) in [7, 11) is 0. The van der Waals surface area contributed by atoms with E-state index in [1.807, 2.05) is 64.9 Å². The Hall–Kier alpha value is -3.71. The minimum absolute atomic E-state index is 0.114. The number of nitrogens with zero attached hydrogens (tertiary/aromatic N) is 3. The van der Waals surface area contributed by atoms with Gasteiger partial charge in [-0.15, -0.1) is 11.3 Å². The SMILES string of the molecule is O=C(Nc1cccnc1)C1CN(c2ccccc2)CC(=O)N1c1ccc2ccsc2c1. The van der Waals surface area contributed by atoms with Gasteiger partial charge in [0, 0.05) is 28.8 Å².